The van der Waals surface area contributed by atoms with Crippen LogP contribution in [0.2, 0.25) is 0 Å². The van der Waals surface area contributed by atoms with Gasteiger partial charge in [-0.2, -0.15) is 0 Å². The van der Waals surface area contributed by atoms with Gasteiger partial charge in [0.2, 0.25) is 5.91 Å². The zero-order valence-corrected chi connectivity index (χ0v) is 13.0. The number of imide groups is 1. The Labute approximate surface area is 133 Å². The second-order valence-electron chi connectivity index (χ2n) is 6.04. The normalized spacial score (nSPS) is 17.7. The van der Waals surface area contributed by atoms with Crippen molar-refractivity contribution in [2.75, 3.05) is 6.54 Å². The van der Waals surface area contributed by atoms with E-state index in [0.717, 1.165) is 12.8 Å². The molecule has 0 aliphatic heterocycles. The predicted octanol–water partition coefficient (Wildman–Crippen LogP) is 1.95. The molecule has 0 heterocycles. The maximum absolute atomic E-state index is 14.2. The van der Waals surface area contributed by atoms with Gasteiger partial charge in [0.15, 0.2) is 0 Å². The Hall–Kier alpha value is -2.02. The van der Waals surface area contributed by atoms with Crippen LogP contribution in [-0.2, 0) is 10.2 Å². The predicted molar refractivity (Wildman–Crippen MR) is 81.7 cm³/mol. The number of carbonyl (C=O) groups excluding carboxylic acids is 2. The molecule has 1 unspecified atom stereocenters. The van der Waals surface area contributed by atoms with Gasteiger partial charge in [0.05, 0.1) is 6.04 Å². The fourth-order valence-electron chi connectivity index (χ4n) is 3.24. The largest absolute Gasteiger partial charge is 0.351 e. The quantitative estimate of drug-likeness (QED) is 0.773. The van der Waals surface area contributed by atoms with Crippen LogP contribution in [0.3, 0.4) is 0 Å². The second-order valence-corrected chi connectivity index (χ2v) is 6.04. The molecule has 1 atom stereocenters. The van der Waals surface area contributed by atoms with Gasteiger partial charge in [-0.05, 0) is 31.9 Å². The molecule has 7 heteroatoms. The number of carbonyl (C=O) groups is 2. The number of nitrogens with two attached hydrogens (primary N) is 1. The molecule has 4 N–H and O–H groups in total. The van der Waals surface area contributed by atoms with Gasteiger partial charge in [0, 0.05) is 17.5 Å². The van der Waals surface area contributed by atoms with Crippen LogP contribution >= 0.6 is 0 Å². The summed E-state index contributed by atoms with van der Waals surface area (Å²) in [6.07, 6.45) is 3.03. The lowest BCUT2D eigenvalue weighted by Gasteiger charge is -2.32. The summed E-state index contributed by atoms with van der Waals surface area (Å²) in [5, 5.41) is 4.95. The molecule has 5 nitrogen and oxygen atoms in total. The molecule has 1 saturated carbocycles. The number of rotatable bonds is 5. The summed E-state index contributed by atoms with van der Waals surface area (Å²) in [6, 6.07) is 2.21. The van der Waals surface area contributed by atoms with Crippen molar-refractivity contribution < 1.29 is 18.4 Å². The molecule has 2 rings (SSSR count). The topological polar surface area (TPSA) is 84.2 Å². The third kappa shape index (κ3) is 3.85. The highest BCUT2D eigenvalue weighted by molar-refractivity contribution is 5.96. The first kappa shape index (κ1) is 17.3. The molecule has 126 valence electrons. The number of halogens is 2. The number of primary amides is 1. The van der Waals surface area contributed by atoms with Crippen molar-refractivity contribution in [1.82, 2.24) is 10.6 Å². The number of hydrogen-bond acceptors (Lipinski definition) is 3. The molecule has 1 aromatic rings. The third-order valence-electron chi connectivity index (χ3n) is 4.44. The monoisotopic (exact) mass is 325 g/mol. The van der Waals surface area contributed by atoms with E-state index in [1.807, 2.05) is 5.32 Å². The second kappa shape index (κ2) is 7.04. The van der Waals surface area contributed by atoms with Gasteiger partial charge < -0.3 is 11.1 Å². The Balaban J connectivity index is 2.16. The molecule has 0 spiro atoms. The average molecular weight is 325 g/mol. The van der Waals surface area contributed by atoms with E-state index in [-0.39, 0.29) is 12.1 Å². The van der Waals surface area contributed by atoms with Crippen LogP contribution in [0.5, 0.6) is 0 Å². The fourth-order valence-corrected chi connectivity index (χ4v) is 3.24. The van der Waals surface area contributed by atoms with Crippen molar-refractivity contribution in [3.05, 3.63) is 35.4 Å². The number of urea groups is 1. The van der Waals surface area contributed by atoms with Crippen molar-refractivity contribution in [1.29, 1.82) is 0 Å². The highest BCUT2D eigenvalue weighted by Crippen LogP contribution is 2.42. The molecule has 1 fully saturated rings. The summed E-state index contributed by atoms with van der Waals surface area (Å²) in [5.74, 6) is -1.70. The van der Waals surface area contributed by atoms with Gasteiger partial charge in [0.25, 0.3) is 0 Å². The van der Waals surface area contributed by atoms with E-state index in [0.29, 0.717) is 12.8 Å². The minimum atomic E-state index is -0.931. The molecule has 0 radical (unpaired) electrons. The molecule has 1 aliphatic rings. The SMILES string of the molecule is CC(NCC1(c2c(F)cccc2F)CCCC1)C(=O)NC(N)=O. The van der Waals surface area contributed by atoms with Crippen LogP contribution in [0.15, 0.2) is 18.2 Å². The van der Waals surface area contributed by atoms with E-state index < -0.39 is 35.0 Å². The van der Waals surface area contributed by atoms with Gasteiger partial charge in [-0.25, -0.2) is 13.6 Å². The Morgan fingerprint density at radius 1 is 1.26 bits per heavy atom. The van der Waals surface area contributed by atoms with Gasteiger partial charge in [-0.1, -0.05) is 18.9 Å². The average Bonchev–Trinajstić information content (AvgIpc) is 2.93. The Bertz CT molecular complexity index is 581. The first-order valence-electron chi connectivity index (χ1n) is 7.64. The van der Waals surface area contributed by atoms with E-state index in [1.165, 1.54) is 18.2 Å². The van der Waals surface area contributed by atoms with Crippen molar-refractivity contribution in [3.8, 4) is 0 Å². The summed E-state index contributed by atoms with van der Waals surface area (Å²) < 4.78 is 28.4. The first-order chi connectivity index (χ1) is 10.9. The van der Waals surface area contributed by atoms with Crippen LogP contribution in [0.25, 0.3) is 0 Å². The maximum Gasteiger partial charge on any atom is 0.318 e. The number of nitrogens with one attached hydrogen (secondary N) is 2. The minimum Gasteiger partial charge on any atom is -0.351 e. The van der Waals surface area contributed by atoms with E-state index in [1.54, 1.807) is 6.92 Å². The van der Waals surface area contributed by atoms with Crippen LogP contribution in [-0.4, -0.2) is 24.5 Å². The fraction of sp³-hybridized carbons (Fsp3) is 0.500. The van der Waals surface area contributed by atoms with Gasteiger partial charge >= 0.3 is 6.03 Å². The van der Waals surface area contributed by atoms with E-state index in [9.17, 15) is 18.4 Å². The molecule has 1 aromatic carbocycles. The summed E-state index contributed by atoms with van der Waals surface area (Å²) in [6.45, 7) is 1.82. The molecule has 1 aliphatic carbocycles. The maximum atomic E-state index is 14.2. The molecule has 23 heavy (non-hydrogen) atoms. The molecular formula is C16H21F2N3O2. The molecule has 0 bridgehead atoms. The molecule has 3 amide bonds. The lowest BCUT2D eigenvalue weighted by molar-refractivity contribution is -0.121. The zero-order valence-electron chi connectivity index (χ0n) is 13.0. The summed E-state index contributed by atoms with van der Waals surface area (Å²) in [4.78, 5) is 22.4. The van der Waals surface area contributed by atoms with Gasteiger partial charge in [0.1, 0.15) is 11.6 Å². The lowest BCUT2D eigenvalue weighted by atomic mass is 9.78. The molecule has 0 saturated heterocycles. The molecule has 0 aromatic heterocycles. The minimum absolute atomic E-state index is 0.0764. The number of hydrogen-bond donors (Lipinski definition) is 3. The smallest absolute Gasteiger partial charge is 0.318 e. The number of amides is 3. The lowest BCUT2D eigenvalue weighted by Crippen LogP contribution is -2.50. The number of benzene rings is 1. The molecular weight excluding hydrogens is 304 g/mol. The van der Waals surface area contributed by atoms with Crippen LogP contribution in [0.4, 0.5) is 13.6 Å². The van der Waals surface area contributed by atoms with Gasteiger partial charge in [-0.3, -0.25) is 10.1 Å². The first-order valence-corrected chi connectivity index (χ1v) is 7.64. The Kier molecular flexibility index (Phi) is 5.30. The zero-order chi connectivity index (χ0) is 17.0. The van der Waals surface area contributed by atoms with Crippen molar-refractivity contribution in [2.24, 2.45) is 5.73 Å². The van der Waals surface area contributed by atoms with E-state index in [2.05, 4.69) is 5.32 Å². The van der Waals surface area contributed by atoms with Crippen molar-refractivity contribution >= 4 is 11.9 Å². The summed E-state index contributed by atoms with van der Waals surface area (Å²) >= 11 is 0. The van der Waals surface area contributed by atoms with Crippen molar-refractivity contribution in [3.63, 3.8) is 0 Å². The van der Waals surface area contributed by atoms with Crippen LogP contribution < -0.4 is 16.4 Å². The third-order valence-corrected chi connectivity index (χ3v) is 4.44. The standard InChI is InChI=1S/C16H21F2N3O2/c1-10(14(22)21-15(19)23)20-9-16(7-2-3-8-16)13-11(17)5-4-6-12(13)18/h4-6,10,20H,2-3,7-9H2,1H3,(H3,19,21,22,23). The highest BCUT2D eigenvalue weighted by Gasteiger charge is 2.40. The van der Waals surface area contributed by atoms with E-state index >= 15 is 0 Å². The summed E-state index contributed by atoms with van der Waals surface area (Å²) in [5.41, 5.74) is 4.30. The Morgan fingerprint density at radius 2 is 1.83 bits per heavy atom. The Morgan fingerprint density at radius 3 is 2.35 bits per heavy atom. The van der Waals surface area contributed by atoms with E-state index in [4.69, 9.17) is 5.73 Å². The van der Waals surface area contributed by atoms with Crippen LogP contribution in [0, 0.1) is 11.6 Å². The highest BCUT2D eigenvalue weighted by atomic mass is 19.1. The van der Waals surface area contributed by atoms with Gasteiger partial charge in [-0.15, -0.1) is 0 Å². The summed E-state index contributed by atoms with van der Waals surface area (Å²) in [7, 11) is 0. The van der Waals surface area contributed by atoms with Crippen molar-refractivity contribution in [2.45, 2.75) is 44.1 Å². The van der Waals surface area contributed by atoms with Crippen LogP contribution in [0.1, 0.15) is 38.2 Å².